The van der Waals surface area contributed by atoms with E-state index in [1.165, 1.54) is 7.11 Å². The number of carbonyl (C=O) groups is 2. The molecule has 0 aromatic heterocycles. The minimum atomic E-state index is -0.612. The van der Waals surface area contributed by atoms with Crippen LogP contribution in [0.5, 0.6) is 0 Å². The number of unbranched alkanes of at least 4 members (excludes halogenated alkanes) is 1. The molecule has 0 unspecified atom stereocenters. The van der Waals surface area contributed by atoms with E-state index in [1.807, 2.05) is 38.1 Å². The highest BCUT2D eigenvalue weighted by molar-refractivity contribution is 5.85. The summed E-state index contributed by atoms with van der Waals surface area (Å²) < 4.78 is 4.90. The summed E-state index contributed by atoms with van der Waals surface area (Å²) in [6.07, 6.45) is 5.92. The molecule has 0 fully saturated rings. The molecule has 1 aromatic rings. The third-order valence-corrected chi connectivity index (χ3v) is 4.66. The molecule has 0 aliphatic rings. The van der Waals surface area contributed by atoms with Gasteiger partial charge < -0.3 is 9.64 Å². The Morgan fingerprint density at radius 3 is 2.41 bits per heavy atom. The summed E-state index contributed by atoms with van der Waals surface area (Å²) >= 11 is 0. The van der Waals surface area contributed by atoms with Crippen molar-refractivity contribution in [2.45, 2.75) is 52.1 Å². The van der Waals surface area contributed by atoms with E-state index in [1.54, 1.807) is 17.1 Å². The van der Waals surface area contributed by atoms with Gasteiger partial charge in [0, 0.05) is 13.0 Å². The normalized spacial score (nSPS) is 11.9. The molecular weight excluding hydrogens is 364 g/mol. The zero-order valence-electron chi connectivity index (χ0n) is 17.6. The van der Waals surface area contributed by atoms with Crippen LogP contribution in [0.4, 0.5) is 0 Å². The van der Waals surface area contributed by atoms with Crippen LogP contribution in [-0.2, 0) is 20.9 Å². The average Bonchev–Trinajstić information content (AvgIpc) is 2.75. The van der Waals surface area contributed by atoms with Crippen molar-refractivity contribution in [2.75, 3.05) is 7.11 Å². The van der Waals surface area contributed by atoms with E-state index in [0.29, 0.717) is 30.5 Å². The number of ether oxygens (including phenoxy) is 1. The second-order valence-electron chi connectivity index (χ2n) is 6.68. The van der Waals surface area contributed by atoms with Gasteiger partial charge in [0.2, 0.25) is 5.91 Å². The van der Waals surface area contributed by atoms with Crippen LogP contribution < -0.4 is 0 Å². The zero-order chi connectivity index (χ0) is 21.8. The number of methoxy groups -OCH3 is 1. The van der Waals surface area contributed by atoms with Crippen molar-refractivity contribution in [3.63, 3.8) is 0 Å². The molecule has 0 aliphatic carbocycles. The van der Waals surface area contributed by atoms with Crippen molar-refractivity contribution in [3.05, 3.63) is 66.3 Å². The highest BCUT2D eigenvalue weighted by Gasteiger charge is 2.28. The van der Waals surface area contributed by atoms with Gasteiger partial charge in [-0.3, -0.25) is 4.79 Å². The molecule has 0 aliphatic heterocycles. The molecule has 0 bridgehead atoms. The molecular formula is C24H30N2O3. The number of amides is 1. The van der Waals surface area contributed by atoms with Crippen molar-refractivity contribution < 1.29 is 14.3 Å². The zero-order valence-corrected chi connectivity index (χ0v) is 17.6. The Morgan fingerprint density at radius 2 is 1.93 bits per heavy atom. The molecule has 1 rings (SSSR count). The number of hydrogen-bond donors (Lipinski definition) is 0. The van der Waals surface area contributed by atoms with Crippen molar-refractivity contribution in [1.29, 1.82) is 5.26 Å². The van der Waals surface area contributed by atoms with E-state index >= 15 is 0 Å². The molecule has 1 amide bonds. The predicted octanol–water partition coefficient (Wildman–Crippen LogP) is 4.81. The number of benzene rings is 1. The molecule has 1 atom stereocenters. The number of rotatable bonds is 11. The lowest BCUT2D eigenvalue weighted by molar-refractivity contribution is -0.153. The summed E-state index contributed by atoms with van der Waals surface area (Å²) in [5, 5.41) is 9.15. The van der Waals surface area contributed by atoms with E-state index in [9.17, 15) is 9.59 Å². The van der Waals surface area contributed by atoms with Crippen molar-refractivity contribution in [1.82, 2.24) is 4.90 Å². The summed E-state index contributed by atoms with van der Waals surface area (Å²) in [4.78, 5) is 26.6. The third kappa shape index (κ3) is 6.76. The van der Waals surface area contributed by atoms with Crippen LogP contribution in [0.25, 0.3) is 5.57 Å². The first-order valence-corrected chi connectivity index (χ1v) is 9.82. The number of carbonyl (C=O) groups excluding carboxylic acids is 2. The predicted molar refractivity (Wildman–Crippen MR) is 116 cm³/mol. The number of nitriles is 1. The molecule has 0 N–H and O–H groups in total. The maximum Gasteiger partial charge on any atom is 0.328 e. The Kier molecular flexibility index (Phi) is 10.2. The minimum absolute atomic E-state index is 0.0572. The minimum Gasteiger partial charge on any atom is -0.467 e. The largest absolute Gasteiger partial charge is 0.467 e. The maximum absolute atomic E-state index is 12.8. The second-order valence-corrected chi connectivity index (χ2v) is 6.68. The molecule has 154 valence electrons. The smallest absolute Gasteiger partial charge is 0.328 e. The molecule has 29 heavy (non-hydrogen) atoms. The van der Waals surface area contributed by atoms with Crippen LogP contribution in [0.1, 0.15) is 50.7 Å². The van der Waals surface area contributed by atoms with Crippen LogP contribution >= 0.6 is 0 Å². The molecule has 0 saturated carbocycles. The Hall–Kier alpha value is -3.13. The summed E-state index contributed by atoms with van der Waals surface area (Å²) in [5.74, 6) is -0.464. The molecule has 0 spiro atoms. The SMILES string of the molecule is C=C/C=C(\C(=C)C#N)c1ccc(CN(C(=O)CCCC)[C@@H](CC)C(=O)OC)cc1. The highest BCUT2D eigenvalue weighted by atomic mass is 16.5. The van der Waals surface area contributed by atoms with Crippen LogP contribution in [0.3, 0.4) is 0 Å². The lowest BCUT2D eigenvalue weighted by Gasteiger charge is -2.29. The monoisotopic (exact) mass is 394 g/mol. The Bertz CT molecular complexity index is 800. The fraction of sp³-hybridized carbons (Fsp3) is 0.375. The van der Waals surface area contributed by atoms with Crippen molar-refractivity contribution >= 4 is 17.4 Å². The second kappa shape index (κ2) is 12.4. The lowest BCUT2D eigenvalue weighted by atomic mass is 9.98. The van der Waals surface area contributed by atoms with Gasteiger partial charge in [0.1, 0.15) is 6.04 Å². The highest BCUT2D eigenvalue weighted by Crippen LogP contribution is 2.23. The summed E-state index contributed by atoms with van der Waals surface area (Å²) in [5.41, 5.74) is 2.78. The van der Waals surface area contributed by atoms with Gasteiger partial charge >= 0.3 is 5.97 Å². The quantitative estimate of drug-likeness (QED) is 0.307. The van der Waals surface area contributed by atoms with Crippen LogP contribution in [0.2, 0.25) is 0 Å². The first-order valence-electron chi connectivity index (χ1n) is 9.82. The van der Waals surface area contributed by atoms with Gasteiger partial charge in [0.15, 0.2) is 0 Å². The number of allylic oxidation sites excluding steroid dienone is 4. The van der Waals surface area contributed by atoms with Gasteiger partial charge in [0.05, 0.1) is 18.8 Å². The van der Waals surface area contributed by atoms with Crippen LogP contribution in [0, 0.1) is 11.3 Å². The molecule has 1 aromatic carbocycles. The maximum atomic E-state index is 12.8. The Morgan fingerprint density at radius 1 is 1.28 bits per heavy atom. The van der Waals surface area contributed by atoms with Gasteiger partial charge in [-0.2, -0.15) is 5.26 Å². The fourth-order valence-corrected chi connectivity index (χ4v) is 3.03. The summed E-state index contributed by atoms with van der Waals surface area (Å²) in [6, 6.07) is 8.98. The van der Waals surface area contributed by atoms with Crippen molar-refractivity contribution in [2.24, 2.45) is 0 Å². The van der Waals surface area contributed by atoms with E-state index in [-0.39, 0.29) is 5.91 Å². The van der Waals surface area contributed by atoms with Gasteiger partial charge in [-0.1, -0.05) is 69.8 Å². The van der Waals surface area contributed by atoms with Gasteiger partial charge in [-0.15, -0.1) is 0 Å². The van der Waals surface area contributed by atoms with Gasteiger partial charge in [-0.25, -0.2) is 4.79 Å². The van der Waals surface area contributed by atoms with E-state index < -0.39 is 12.0 Å². The summed E-state index contributed by atoms with van der Waals surface area (Å²) in [7, 11) is 1.34. The first kappa shape index (κ1) is 23.9. The van der Waals surface area contributed by atoms with E-state index in [2.05, 4.69) is 19.2 Å². The average molecular weight is 395 g/mol. The van der Waals surface area contributed by atoms with Crippen LogP contribution in [-0.4, -0.2) is 29.9 Å². The molecule has 0 radical (unpaired) electrons. The molecule has 0 heterocycles. The van der Waals surface area contributed by atoms with Gasteiger partial charge in [0.25, 0.3) is 0 Å². The van der Waals surface area contributed by atoms with Gasteiger partial charge in [-0.05, 0) is 29.5 Å². The fourth-order valence-electron chi connectivity index (χ4n) is 3.03. The van der Waals surface area contributed by atoms with Crippen LogP contribution in [0.15, 0.2) is 55.1 Å². The third-order valence-electron chi connectivity index (χ3n) is 4.66. The Labute approximate surface area is 174 Å². The number of esters is 1. The summed E-state index contributed by atoms with van der Waals surface area (Å²) in [6.45, 7) is 11.7. The van der Waals surface area contributed by atoms with E-state index in [4.69, 9.17) is 10.00 Å². The van der Waals surface area contributed by atoms with E-state index in [0.717, 1.165) is 24.0 Å². The van der Waals surface area contributed by atoms with Crippen molar-refractivity contribution in [3.8, 4) is 6.07 Å². The number of nitrogens with zero attached hydrogens (tertiary/aromatic N) is 2. The molecule has 0 saturated heterocycles. The molecule has 5 nitrogen and oxygen atoms in total. The number of hydrogen-bond acceptors (Lipinski definition) is 4. The Balaban J connectivity index is 3.15. The standard InChI is InChI=1S/C24H30N2O3/c1-6-9-11-23(27)26(22(8-3)24(28)29-5)17-19-12-14-20(15-13-19)21(10-7-2)18(4)16-25/h7,10,12-15,22H,2,4,6,8-9,11,17H2,1,3,5H3/b21-10+/t22-/m0/s1. The first-order chi connectivity index (χ1) is 13.9. The lowest BCUT2D eigenvalue weighted by Crippen LogP contribution is -2.44. The topological polar surface area (TPSA) is 70.4 Å². The molecule has 5 heteroatoms.